The molecule has 0 radical (unpaired) electrons. The van der Waals surface area contributed by atoms with E-state index in [4.69, 9.17) is 9.47 Å². The fraction of sp³-hybridized carbons (Fsp3) is 0.400. The molecule has 4 rings (SSSR count). The quantitative estimate of drug-likeness (QED) is 0.869. The van der Waals surface area contributed by atoms with Crippen molar-refractivity contribution < 1.29 is 19.4 Å². The Bertz CT molecular complexity index is 791. The van der Waals surface area contributed by atoms with E-state index in [0.717, 1.165) is 12.8 Å². The Morgan fingerprint density at radius 2 is 2.07 bits per heavy atom. The van der Waals surface area contributed by atoms with E-state index in [1.165, 1.54) is 0 Å². The van der Waals surface area contributed by atoms with Gasteiger partial charge in [0.2, 0.25) is 0 Å². The van der Waals surface area contributed by atoms with Crippen LogP contribution >= 0.6 is 0 Å². The molecule has 3 heterocycles. The molecule has 2 aliphatic heterocycles. The summed E-state index contributed by atoms with van der Waals surface area (Å²) in [4.78, 5) is 18.5. The first-order chi connectivity index (χ1) is 13.1. The summed E-state index contributed by atoms with van der Waals surface area (Å²) < 4.78 is 11.6. The lowest BCUT2D eigenvalue weighted by Gasteiger charge is -2.38. The predicted molar refractivity (Wildman–Crippen MR) is 99.9 cm³/mol. The molecule has 1 aromatic carbocycles. The molecule has 7 heteroatoms. The Morgan fingerprint density at radius 1 is 1.26 bits per heavy atom. The van der Waals surface area contributed by atoms with Gasteiger partial charge in [0.1, 0.15) is 5.75 Å². The highest BCUT2D eigenvalue weighted by Crippen LogP contribution is 2.36. The second kappa shape index (κ2) is 7.54. The summed E-state index contributed by atoms with van der Waals surface area (Å²) in [6.45, 7) is 1.60. The van der Waals surface area contributed by atoms with Crippen LogP contribution in [0.4, 0.5) is 10.5 Å². The summed E-state index contributed by atoms with van der Waals surface area (Å²) in [5, 5.41) is 12.7. The number of carbonyl (C=O) groups excluding carboxylic acids is 1. The SMILES string of the molecule is O=C(Nc1ccccc1Oc1cccnc1)N1CCC2(CC1)C[C@@H](O)CO2. The van der Waals surface area contributed by atoms with Gasteiger partial charge in [-0.2, -0.15) is 0 Å². The Morgan fingerprint density at radius 3 is 2.78 bits per heavy atom. The number of aromatic nitrogens is 1. The van der Waals surface area contributed by atoms with E-state index in [9.17, 15) is 9.90 Å². The molecule has 1 aromatic heterocycles. The molecular weight excluding hydrogens is 346 g/mol. The summed E-state index contributed by atoms with van der Waals surface area (Å²) in [7, 11) is 0. The van der Waals surface area contributed by atoms with Gasteiger partial charge in [-0.3, -0.25) is 4.98 Å². The number of piperidine rings is 1. The topological polar surface area (TPSA) is 83.9 Å². The minimum atomic E-state index is -0.387. The average Bonchev–Trinajstić information content (AvgIpc) is 3.05. The van der Waals surface area contributed by atoms with E-state index in [0.29, 0.717) is 43.3 Å². The smallest absolute Gasteiger partial charge is 0.321 e. The maximum absolute atomic E-state index is 12.7. The van der Waals surface area contributed by atoms with Crippen molar-refractivity contribution in [1.82, 2.24) is 9.88 Å². The largest absolute Gasteiger partial charge is 0.454 e. The number of aliphatic hydroxyl groups is 1. The summed E-state index contributed by atoms with van der Waals surface area (Å²) >= 11 is 0. The number of likely N-dealkylation sites (tertiary alicyclic amines) is 1. The van der Waals surface area contributed by atoms with E-state index in [2.05, 4.69) is 10.3 Å². The first-order valence-corrected chi connectivity index (χ1v) is 9.18. The lowest BCUT2D eigenvalue weighted by molar-refractivity contribution is -0.0365. The molecule has 7 nitrogen and oxygen atoms in total. The number of urea groups is 1. The van der Waals surface area contributed by atoms with E-state index >= 15 is 0 Å². The van der Waals surface area contributed by atoms with Crippen LogP contribution in [0.25, 0.3) is 0 Å². The minimum absolute atomic E-state index is 0.161. The first kappa shape index (κ1) is 17.8. The van der Waals surface area contributed by atoms with E-state index in [1.807, 2.05) is 30.3 Å². The number of benzene rings is 1. The van der Waals surface area contributed by atoms with Crippen LogP contribution in [0, 0.1) is 0 Å². The second-order valence-corrected chi connectivity index (χ2v) is 7.06. The van der Waals surface area contributed by atoms with Crippen LogP contribution < -0.4 is 10.1 Å². The average molecular weight is 369 g/mol. The van der Waals surface area contributed by atoms with Crippen molar-refractivity contribution in [2.24, 2.45) is 0 Å². The van der Waals surface area contributed by atoms with E-state index in [1.54, 1.807) is 23.4 Å². The number of nitrogens with one attached hydrogen (secondary N) is 1. The van der Waals surface area contributed by atoms with Gasteiger partial charge in [-0.15, -0.1) is 0 Å². The molecule has 0 saturated carbocycles. The van der Waals surface area contributed by atoms with E-state index in [-0.39, 0.29) is 17.7 Å². The van der Waals surface area contributed by atoms with Crippen molar-refractivity contribution in [3.05, 3.63) is 48.8 Å². The van der Waals surface area contributed by atoms with Crippen molar-refractivity contribution in [3.63, 3.8) is 0 Å². The molecule has 2 saturated heterocycles. The summed E-state index contributed by atoms with van der Waals surface area (Å²) in [5.41, 5.74) is 0.344. The third-order valence-corrected chi connectivity index (χ3v) is 5.14. The standard InChI is InChI=1S/C20H23N3O4/c24-15-12-20(26-14-15)7-10-23(11-8-20)19(25)22-17-5-1-2-6-18(17)27-16-4-3-9-21-13-16/h1-6,9,13,15,24H,7-8,10-12,14H2,(H,22,25)/t15-/m1/s1. The number of para-hydroxylation sites is 2. The number of ether oxygens (including phenoxy) is 2. The number of anilines is 1. The molecule has 142 valence electrons. The monoisotopic (exact) mass is 369 g/mol. The molecule has 1 atom stereocenters. The van der Waals surface area contributed by atoms with Crippen LogP contribution in [0.3, 0.4) is 0 Å². The highest BCUT2D eigenvalue weighted by molar-refractivity contribution is 5.91. The normalized spacial score (nSPS) is 21.2. The number of carbonyl (C=O) groups is 1. The Balaban J connectivity index is 1.39. The molecule has 2 aliphatic rings. The maximum atomic E-state index is 12.7. The van der Waals surface area contributed by atoms with Crippen LogP contribution in [0.5, 0.6) is 11.5 Å². The van der Waals surface area contributed by atoms with Crippen molar-refractivity contribution >= 4 is 11.7 Å². The molecule has 0 aliphatic carbocycles. The Labute approximate surface area is 157 Å². The van der Waals surface area contributed by atoms with Gasteiger partial charge in [-0.25, -0.2) is 4.79 Å². The second-order valence-electron chi connectivity index (χ2n) is 7.06. The highest BCUT2D eigenvalue weighted by atomic mass is 16.5. The van der Waals surface area contributed by atoms with Crippen LogP contribution in [0.2, 0.25) is 0 Å². The first-order valence-electron chi connectivity index (χ1n) is 9.18. The third-order valence-electron chi connectivity index (χ3n) is 5.14. The van der Waals surface area contributed by atoms with Gasteiger partial charge >= 0.3 is 6.03 Å². The summed E-state index contributed by atoms with van der Waals surface area (Å²) in [5.74, 6) is 1.17. The molecule has 0 unspecified atom stereocenters. The fourth-order valence-electron chi connectivity index (χ4n) is 3.67. The van der Waals surface area contributed by atoms with Gasteiger partial charge in [0.05, 0.1) is 30.2 Å². The molecule has 27 heavy (non-hydrogen) atoms. The van der Waals surface area contributed by atoms with Crippen LogP contribution in [-0.4, -0.2) is 52.4 Å². The van der Waals surface area contributed by atoms with Crippen LogP contribution in [0.1, 0.15) is 19.3 Å². The molecule has 0 bridgehead atoms. The summed E-state index contributed by atoms with van der Waals surface area (Å²) in [6.07, 6.45) is 5.05. The van der Waals surface area contributed by atoms with Crippen molar-refractivity contribution in [3.8, 4) is 11.5 Å². The van der Waals surface area contributed by atoms with Gasteiger partial charge in [-0.1, -0.05) is 12.1 Å². The van der Waals surface area contributed by atoms with E-state index < -0.39 is 0 Å². The molecule has 2 N–H and O–H groups in total. The number of nitrogens with zero attached hydrogens (tertiary/aromatic N) is 2. The zero-order chi connectivity index (χ0) is 18.7. The number of aliphatic hydroxyl groups excluding tert-OH is 1. The Kier molecular flexibility index (Phi) is 4.96. The molecular formula is C20H23N3O4. The van der Waals surface area contributed by atoms with Gasteiger partial charge in [0.15, 0.2) is 5.75 Å². The highest BCUT2D eigenvalue weighted by Gasteiger charge is 2.42. The van der Waals surface area contributed by atoms with Gasteiger partial charge in [0, 0.05) is 25.7 Å². The van der Waals surface area contributed by atoms with Crippen LogP contribution in [0.15, 0.2) is 48.8 Å². The fourth-order valence-corrected chi connectivity index (χ4v) is 3.67. The van der Waals surface area contributed by atoms with Gasteiger partial charge in [-0.05, 0) is 37.1 Å². The minimum Gasteiger partial charge on any atom is -0.454 e. The number of rotatable bonds is 3. The number of amides is 2. The number of hydrogen-bond donors (Lipinski definition) is 2. The zero-order valence-corrected chi connectivity index (χ0v) is 15.0. The lowest BCUT2D eigenvalue weighted by atomic mass is 9.88. The number of pyridine rings is 1. The lowest BCUT2D eigenvalue weighted by Crippen LogP contribution is -2.48. The molecule has 2 aromatic rings. The molecule has 1 spiro atoms. The number of hydrogen-bond acceptors (Lipinski definition) is 5. The van der Waals surface area contributed by atoms with Crippen molar-refractivity contribution in [2.45, 2.75) is 31.0 Å². The van der Waals surface area contributed by atoms with Gasteiger partial charge < -0.3 is 24.8 Å². The maximum Gasteiger partial charge on any atom is 0.321 e. The molecule has 2 amide bonds. The van der Waals surface area contributed by atoms with Gasteiger partial charge in [0.25, 0.3) is 0 Å². The predicted octanol–water partition coefficient (Wildman–Crippen LogP) is 3.02. The van der Waals surface area contributed by atoms with Crippen molar-refractivity contribution in [2.75, 3.05) is 25.0 Å². The summed E-state index contributed by atoms with van der Waals surface area (Å²) in [6, 6.07) is 10.8. The Hall–Kier alpha value is -2.64. The molecule has 2 fully saturated rings. The van der Waals surface area contributed by atoms with Crippen molar-refractivity contribution in [1.29, 1.82) is 0 Å². The van der Waals surface area contributed by atoms with Crippen LogP contribution in [-0.2, 0) is 4.74 Å². The third kappa shape index (κ3) is 4.04. The zero-order valence-electron chi connectivity index (χ0n) is 15.0.